The van der Waals surface area contributed by atoms with Gasteiger partial charge in [0, 0.05) is 28.0 Å². The van der Waals surface area contributed by atoms with Gasteiger partial charge in [-0.2, -0.15) is 0 Å². The molecule has 2 aromatic carbocycles. The molecular formula is C21H19ClN4O2. The molecule has 1 heterocycles. The number of hydrogen-bond acceptors (Lipinski definition) is 5. The van der Waals surface area contributed by atoms with Crippen molar-refractivity contribution >= 4 is 40.5 Å². The van der Waals surface area contributed by atoms with Crippen LogP contribution in [0.25, 0.3) is 0 Å². The summed E-state index contributed by atoms with van der Waals surface area (Å²) in [6.07, 6.45) is 0. The van der Waals surface area contributed by atoms with Crippen molar-refractivity contribution in [3.05, 3.63) is 76.2 Å². The van der Waals surface area contributed by atoms with Crippen molar-refractivity contribution in [3.8, 4) is 0 Å². The predicted octanol–water partition coefficient (Wildman–Crippen LogP) is 4.95. The molecule has 0 unspecified atom stereocenters. The van der Waals surface area contributed by atoms with Gasteiger partial charge in [0.1, 0.15) is 17.3 Å². The van der Waals surface area contributed by atoms with Crippen molar-refractivity contribution in [2.45, 2.75) is 20.8 Å². The van der Waals surface area contributed by atoms with Gasteiger partial charge in [-0.3, -0.25) is 9.59 Å². The van der Waals surface area contributed by atoms with Crippen LogP contribution in [0.2, 0.25) is 5.02 Å². The standard InChI is InChI=1S/C21H19ClN4O2/c1-12-10-16(22)6-9-18(12)26-20-11-19(23-14(3)24-20)21(28)25-17-7-4-15(5-8-17)13(2)27/h4-11H,1-3H3,(H,25,28)(H,23,24,26). The van der Waals surface area contributed by atoms with E-state index in [2.05, 4.69) is 20.6 Å². The molecule has 1 amide bonds. The molecule has 0 saturated heterocycles. The minimum atomic E-state index is -0.364. The Morgan fingerprint density at radius 3 is 2.32 bits per heavy atom. The second-order valence-electron chi connectivity index (χ2n) is 6.36. The number of aromatic nitrogens is 2. The number of carbonyl (C=O) groups is 2. The van der Waals surface area contributed by atoms with E-state index in [0.717, 1.165) is 11.3 Å². The Morgan fingerprint density at radius 2 is 1.68 bits per heavy atom. The number of ketones is 1. The van der Waals surface area contributed by atoms with Gasteiger partial charge in [-0.05, 0) is 68.8 Å². The molecule has 0 spiro atoms. The van der Waals surface area contributed by atoms with E-state index >= 15 is 0 Å². The van der Waals surface area contributed by atoms with E-state index < -0.39 is 0 Å². The fourth-order valence-electron chi connectivity index (χ4n) is 2.64. The Labute approximate surface area is 168 Å². The third-order valence-electron chi connectivity index (χ3n) is 4.07. The summed E-state index contributed by atoms with van der Waals surface area (Å²) in [5.74, 6) is 0.582. The maximum atomic E-state index is 12.6. The lowest BCUT2D eigenvalue weighted by Gasteiger charge is -2.11. The monoisotopic (exact) mass is 394 g/mol. The lowest BCUT2D eigenvalue weighted by atomic mass is 10.1. The fourth-order valence-corrected chi connectivity index (χ4v) is 2.86. The summed E-state index contributed by atoms with van der Waals surface area (Å²) >= 11 is 5.99. The SMILES string of the molecule is CC(=O)c1ccc(NC(=O)c2cc(Nc3ccc(Cl)cc3C)nc(C)n2)cc1. The number of anilines is 3. The minimum absolute atomic E-state index is 0.0301. The zero-order valence-corrected chi connectivity index (χ0v) is 16.5. The van der Waals surface area contributed by atoms with Crippen LogP contribution >= 0.6 is 11.6 Å². The topological polar surface area (TPSA) is 84.0 Å². The van der Waals surface area contributed by atoms with Crippen molar-refractivity contribution in [3.63, 3.8) is 0 Å². The van der Waals surface area contributed by atoms with Crippen molar-refractivity contribution in [2.24, 2.45) is 0 Å². The van der Waals surface area contributed by atoms with Gasteiger partial charge in [0.05, 0.1) is 0 Å². The molecule has 0 fully saturated rings. The van der Waals surface area contributed by atoms with Crippen LogP contribution in [0.15, 0.2) is 48.5 Å². The first-order valence-electron chi connectivity index (χ1n) is 8.63. The molecule has 0 saturated carbocycles. The third-order valence-corrected chi connectivity index (χ3v) is 4.31. The zero-order chi connectivity index (χ0) is 20.3. The molecule has 3 rings (SSSR count). The first kappa shape index (κ1) is 19.5. The fraction of sp³-hybridized carbons (Fsp3) is 0.143. The van der Waals surface area contributed by atoms with Gasteiger partial charge < -0.3 is 10.6 Å². The molecule has 3 aromatic rings. The van der Waals surface area contributed by atoms with Crippen LogP contribution in [0.1, 0.15) is 39.2 Å². The van der Waals surface area contributed by atoms with Crippen molar-refractivity contribution in [2.75, 3.05) is 10.6 Å². The van der Waals surface area contributed by atoms with Gasteiger partial charge in [0.25, 0.3) is 5.91 Å². The van der Waals surface area contributed by atoms with Crippen LogP contribution in [0.3, 0.4) is 0 Å². The van der Waals surface area contributed by atoms with Crippen LogP contribution in [0.4, 0.5) is 17.2 Å². The molecule has 0 aliphatic heterocycles. The first-order chi connectivity index (χ1) is 13.3. The lowest BCUT2D eigenvalue weighted by Crippen LogP contribution is -2.15. The normalized spacial score (nSPS) is 10.4. The Kier molecular flexibility index (Phi) is 5.70. The maximum Gasteiger partial charge on any atom is 0.274 e. The molecule has 0 bridgehead atoms. The largest absolute Gasteiger partial charge is 0.340 e. The van der Waals surface area contributed by atoms with E-state index in [1.54, 1.807) is 43.3 Å². The molecule has 6 nitrogen and oxygen atoms in total. The molecule has 7 heteroatoms. The first-order valence-corrected chi connectivity index (χ1v) is 9.01. The number of carbonyl (C=O) groups excluding carboxylic acids is 2. The van der Waals surface area contributed by atoms with Crippen LogP contribution < -0.4 is 10.6 Å². The van der Waals surface area contributed by atoms with Crippen LogP contribution in [-0.2, 0) is 0 Å². The predicted molar refractivity (Wildman–Crippen MR) is 111 cm³/mol. The second kappa shape index (κ2) is 8.19. The molecule has 0 aliphatic rings. The number of benzene rings is 2. The number of halogens is 1. The van der Waals surface area contributed by atoms with E-state index in [0.29, 0.717) is 27.9 Å². The molecule has 0 radical (unpaired) electrons. The van der Waals surface area contributed by atoms with Gasteiger partial charge in [-0.25, -0.2) is 9.97 Å². The third kappa shape index (κ3) is 4.72. The highest BCUT2D eigenvalue weighted by Crippen LogP contribution is 2.23. The van der Waals surface area contributed by atoms with Gasteiger partial charge in [-0.15, -0.1) is 0 Å². The molecule has 2 N–H and O–H groups in total. The summed E-state index contributed by atoms with van der Waals surface area (Å²) in [5, 5.41) is 6.62. The van der Waals surface area contributed by atoms with Gasteiger partial charge >= 0.3 is 0 Å². The molecule has 0 aliphatic carbocycles. The number of nitrogens with zero attached hydrogens (tertiary/aromatic N) is 2. The van der Waals surface area contributed by atoms with E-state index in [-0.39, 0.29) is 17.4 Å². The van der Waals surface area contributed by atoms with Crippen molar-refractivity contribution in [1.82, 2.24) is 9.97 Å². The van der Waals surface area contributed by atoms with Crippen LogP contribution in [0.5, 0.6) is 0 Å². The summed E-state index contributed by atoms with van der Waals surface area (Å²) in [6, 6.07) is 13.8. The van der Waals surface area contributed by atoms with Gasteiger partial charge in [-0.1, -0.05) is 11.6 Å². The highest BCUT2D eigenvalue weighted by atomic mass is 35.5. The second-order valence-corrected chi connectivity index (χ2v) is 6.79. The summed E-state index contributed by atoms with van der Waals surface area (Å²) in [6.45, 7) is 5.15. The summed E-state index contributed by atoms with van der Waals surface area (Å²) in [5.41, 5.74) is 3.20. The Bertz CT molecular complexity index is 1050. The molecule has 1 aromatic heterocycles. The van der Waals surface area contributed by atoms with E-state index in [9.17, 15) is 9.59 Å². The summed E-state index contributed by atoms with van der Waals surface area (Å²) < 4.78 is 0. The van der Waals surface area contributed by atoms with E-state index in [1.807, 2.05) is 19.1 Å². The number of aryl methyl sites for hydroxylation is 2. The zero-order valence-electron chi connectivity index (χ0n) is 15.7. The van der Waals surface area contributed by atoms with Gasteiger partial charge in [0.2, 0.25) is 0 Å². The lowest BCUT2D eigenvalue weighted by molar-refractivity contribution is 0.101. The quantitative estimate of drug-likeness (QED) is 0.598. The van der Waals surface area contributed by atoms with E-state index in [1.165, 1.54) is 6.92 Å². The minimum Gasteiger partial charge on any atom is -0.340 e. The Morgan fingerprint density at radius 1 is 0.964 bits per heavy atom. The number of nitrogens with one attached hydrogen (secondary N) is 2. The summed E-state index contributed by atoms with van der Waals surface area (Å²) in [4.78, 5) is 32.5. The number of rotatable bonds is 5. The number of Topliss-reactive ketones (excluding diaryl/α,β-unsaturated/α-hetero) is 1. The van der Waals surface area contributed by atoms with Crippen molar-refractivity contribution in [1.29, 1.82) is 0 Å². The van der Waals surface area contributed by atoms with Crippen molar-refractivity contribution < 1.29 is 9.59 Å². The molecule has 0 atom stereocenters. The Balaban J connectivity index is 1.80. The molecule has 142 valence electrons. The van der Waals surface area contributed by atoms with Crippen LogP contribution in [0, 0.1) is 13.8 Å². The molecule has 28 heavy (non-hydrogen) atoms. The number of amides is 1. The molecular weight excluding hydrogens is 376 g/mol. The van der Waals surface area contributed by atoms with E-state index in [4.69, 9.17) is 11.6 Å². The van der Waals surface area contributed by atoms with Crippen LogP contribution in [-0.4, -0.2) is 21.7 Å². The average Bonchev–Trinajstić information content (AvgIpc) is 2.64. The van der Waals surface area contributed by atoms with Gasteiger partial charge in [0.15, 0.2) is 5.78 Å². The smallest absolute Gasteiger partial charge is 0.274 e. The Hall–Kier alpha value is -3.25. The number of hydrogen-bond donors (Lipinski definition) is 2. The summed E-state index contributed by atoms with van der Waals surface area (Å²) in [7, 11) is 0. The average molecular weight is 395 g/mol. The maximum absolute atomic E-state index is 12.6. The highest BCUT2D eigenvalue weighted by Gasteiger charge is 2.12. The highest BCUT2D eigenvalue weighted by molar-refractivity contribution is 6.30.